The highest BCUT2D eigenvalue weighted by atomic mass is 14.8. The minimum Gasteiger partial charge on any atom is -0.346 e. The summed E-state index contributed by atoms with van der Waals surface area (Å²) in [5.41, 5.74) is 0. The fourth-order valence-corrected chi connectivity index (χ4v) is 1.77. The molecule has 0 aliphatic carbocycles. The van der Waals surface area contributed by atoms with E-state index in [4.69, 9.17) is 6.42 Å². The maximum atomic E-state index is 5.09. The molecule has 0 rings (SSSR count). The largest absolute Gasteiger partial charge is 0.346 e. The Balaban J connectivity index is 2.84. The van der Waals surface area contributed by atoms with Crippen LogP contribution < -0.4 is 5.32 Å². The van der Waals surface area contributed by atoms with Gasteiger partial charge in [-0.3, -0.25) is 0 Å². The Kier molecular flexibility index (Phi) is 12.8. The first-order valence-corrected chi connectivity index (χ1v) is 6.60. The number of unbranched alkanes of at least 4 members (excludes halogenated alkanes) is 9. The van der Waals surface area contributed by atoms with E-state index in [1.165, 1.54) is 64.2 Å². The van der Waals surface area contributed by atoms with Gasteiger partial charge in [-0.1, -0.05) is 71.1 Å². The highest BCUT2D eigenvalue weighted by molar-refractivity contribution is 4.79. The summed E-state index contributed by atoms with van der Waals surface area (Å²) in [7, 11) is 0. The lowest BCUT2D eigenvalue weighted by Gasteiger charge is -2.01. The van der Waals surface area contributed by atoms with Gasteiger partial charge in [0.05, 0.1) is 0 Å². The highest BCUT2D eigenvalue weighted by Gasteiger charge is 1.91. The number of rotatable bonds is 11. The van der Waals surface area contributed by atoms with Gasteiger partial charge in [-0.05, 0) is 6.42 Å². The van der Waals surface area contributed by atoms with Crippen LogP contribution in [-0.4, -0.2) is 6.54 Å². The second-order valence-corrected chi connectivity index (χ2v) is 4.25. The van der Waals surface area contributed by atoms with Gasteiger partial charge in [-0.2, -0.15) is 0 Å². The molecule has 0 aliphatic heterocycles. The predicted molar refractivity (Wildman–Crippen MR) is 68.7 cm³/mol. The minimum absolute atomic E-state index is 0.979. The van der Waals surface area contributed by atoms with Crippen LogP contribution in [0.2, 0.25) is 0 Å². The van der Waals surface area contributed by atoms with Gasteiger partial charge in [0.1, 0.15) is 0 Å². The summed E-state index contributed by atoms with van der Waals surface area (Å²) in [6.07, 6.45) is 18.9. The second kappa shape index (κ2) is 13.4. The van der Waals surface area contributed by atoms with Crippen LogP contribution in [0.3, 0.4) is 0 Å². The summed E-state index contributed by atoms with van der Waals surface area (Å²) in [6, 6.07) is 2.45. The average Bonchev–Trinajstić information content (AvgIpc) is 2.26. The van der Waals surface area contributed by atoms with Crippen molar-refractivity contribution in [2.45, 2.75) is 71.1 Å². The molecule has 88 valence electrons. The summed E-state index contributed by atoms with van der Waals surface area (Å²) >= 11 is 0. The molecule has 0 aromatic rings. The fourth-order valence-electron chi connectivity index (χ4n) is 1.77. The van der Waals surface area contributed by atoms with Crippen molar-refractivity contribution in [3.05, 3.63) is 0 Å². The molecule has 0 aromatic heterocycles. The second-order valence-electron chi connectivity index (χ2n) is 4.25. The topological polar surface area (TPSA) is 12.0 Å². The van der Waals surface area contributed by atoms with Crippen molar-refractivity contribution in [3.8, 4) is 12.5 Å². The monoisotopic (exact) mass is 209 g/mol. The van der Waals surface area contributed by atoms with Crippen molar-refractivity contribution in [1.29, 1.82) is 0 Å². The smallest absolute Gasteiger partial charge is 0.0229 e. The molecule has 0 amide bonds. The Labute approximate surface area is 96.0 Å². The maximum absolute atomic E-state index is 5.09. The zero-order valence-corrected chi connectivity index (χ0v) is 10.4. The van der Waals surface area contributed by atoms with E-state index in [1.807, 2.05) is 0 Å². The molecule has 0 saturated heterocycles. The molecular formula is C14H27N. The van der Waals surface area contributed by atoms with E-state index in [0.29, 0.717) is 0 Å². The van der Waals surface area contributed by atoms with Crippen LogP contribution in [0, 0.1) is 12.5 Å². The Morgan fingerprint density at radius 1 is 0.800 bits per heavy atom. The molecule has 1 nitrogen and oxygen atoms in total. The van der Waals surface area contributed by atoms with E-state index in [0.717, 1.165) is 6.54 Å². The summed E-state index contributed by atoms with van der Waals surface area (Å²) < 4.78 is 0. The molecule has 0 unspecified atom stereocenters. The lowest BCUT2D eigenvalue weighted by Crippen LogP contribution is -2.06. The molecule has 0 aliphatic rings. The number of nitrogens with one attached hydrogen (secondary N) is 1. The summed E-state index contributed by atoms with van der Waals surface area (Å²) in [5, 5.41) is 2.90. The quantitative estimate of drug-likeness (QED) is 0.307. The van der Waals surface area contributed by atoms with Gasteiger partial charge in [0.2, 0.25) is 0 Å². The third-order valence-electron chi connectivity index (χ3n) is 2.76. The zero-order valence-electron chi connectivity index (χ0n) is 10.4. The SMILES string of the molecule is C#CNCCCCCCCCCCCC. The first-order chi connectivity index (χ1) is 7.41. The van der Waals surface area contributed by atoms with Crippen molar-refractivity contribution in [1.82, 2.24) is 5.32 Å². The molecule has 15 heavy (non-hydrogen) atoms. The fraction of sp³-hybridized carbons (Fsp3) is 0.857. The summed E-state index contributed by atoms with van der Waals surface area (Å²) in [5.74, 6) is 0. The van der Waals surface area contributed by atoms with Crippen molar-refractivity contribution in [2.24, 2.45) is 0 Å². The first kappa shape index (κ1) is 14.4. The molecule has 0 aromatic carbocycles. The van der Waals surface area contributed by atoms with Crippen LogP contribution in [0.15, 0.2) is 0 Å². The Bertz CT molecular complexity index is 146. The molecule has 0 radical (unpaired) electrons. The Morgan fingerprint density at radius 3 is 1.73 bits per heavy atom. The normalized spacial score (nSPS) is 9.87. The van der Waals surface area contributed by atoms with Gasteiger partial charge in [-0.15, -0.1) is 0 Å². The summed E-state index contributed by atoms with van der Waals surface area (Å²) in [4.78, 5) is 0. The van der Waals surface area contributed by atoms with E-state index in [2.05, 4.69) is 18.3 Å². The van der Waals surface area contributed by atoms with Crippen molar-refractivity contribution < 1.29 is 0 Å². The van der Waals surface area contributed by atoms with Gasteiger partial charge >= 0.3 is 0 Å². The molecular weight excluding hydrogens is 182 g/mol. The molecule has 0 fully saturated rings. The summed E-state index contributed by atoms with van der Waals surface area (Å²) in [6.45, 7) is 3.25. The average molecular weight is 209 g/mol. The zero-order chi connectivity index (χ0) is 11.2. The van der Waals surface area contributed by atoms with Crippen LogP contribution in [0.4, 0.5) is 0 Å². The first-order valence-electron chi connectivity index (χ1n) is 6.60. The van der Waals surface area contributed by atoms with Crippen molar-refractivity contribution in [2.75, 3.05) is 6.54 Å². The van der Waals surface area contributed by atoms with E-state index >= 15 is 0 Å². The minimum atomic E-state index is 0.979. The van der Waals surface area contributed by atoms with Crippen LogP contribution in [0.25, 0.3) is 0 Å². The van der Waals surface area contributed by atoms with E-state index in [-0.39, 0.29) is 0 Å². The lowest BCUT2D eigenvalue weighted by molar-refractivity contribution is 0.554. The maximum Gasteiger partial charge on any atom is 0.0229 e. The van der Waals surface area contributed by atoms with E-state index in [9.17, 15) is 0 Å². The highest BCUT2D eigenvalue weighted by Crippen LogP contribution is 2.09. The Hall–Kier alpha value is -0.640. The van der Waals surface area contributed by atoms with E-state index in [1.54, 1.807) is 0 Å². The predicted octanol–water partition coefficient (Wildman–Crippen LogP) is 4.09. The van der Waals surface area contributed by atoms with Gasteiger partial charge < -0.3 is 5.32 Å². The number of terminal acetylenes is 1. The lowest BCUT2D eigenvalue weighted by atomic mass is 10.1. The molecule has 0 bridgehead atoms. The number of hydrogen-bond acceptors (Lipinski definition) is 1. The Morgan fingerprint density at radius 2 is 1.27 bits per heavy atom. The van der Waals surface area contributed by atoms with Gasteiger partial charge in [0.25, 0.3) is 0 Å². The van der Waals surface area contributed by atoms with Crippen LogP contribution in [0.1, 0.15) is 71.1 Å². The number of hydrogen-bond donors (Lipinski definition) is 1. The molecule has 1 heteroatoms. The van der Waals surface area contributed by atoms with Crippen molar-refractivity contribution in [3.63, 3.8) is 0 Å². The standard InChI is InChI=1S/C14H27N/c1-3-5-6-7-8-9-10-11-12-13-14-15-4-2/h2,15H,3,5-14H2,1H3. The van der Waals surface area contributed by atoms with Crippen LogP contribution in [-0.2, 0) is 0 Å². The third kappa shape index (κ3) is 13.4. The van der Waals surface area contributed by atoms with Gasteiger partial charge in [0.15, 0.2) is 0 Å². The van der Waals surface area contributed by atoms with Gasteiger partial charge in [0, 0.05) is 12.6 Å². The van der Waals surface area contributed by atoms with Gasteiger partial charge in [-0.25, -0.2) is 0 Å². The molecule has 0 spiro atoms. The molecule has 0 atom stereocenters. The molecule has 0 heterocycles. The van der Waals surface area contributed by atoms with E-state index < -0.39 is 0 Å². The third-order valence-corrected chi connectivity index (χ3v) is 2.76. The molecule has 1 N–H and O–H groups in total. The van der Waals surface area contributed by atoms with Crippen LogP contribution >= 0.6 is 0 Å². The van der Waals surface area contributed by atoms with Crippen molar-refractivity contribution >= 4 is 0 Å². The van der Waals surface area contributed by atoms with Crippen LogP contribution in [0.5, 0.6) is 0 Å². The molecule has 0 saturated carbocycles.